The van der Waals surface area contributed by atoms with Crippen molar-refractivity contribution >= 4 is 5.91 Å². The maximum Gasteiger partial charge on any atom is 0.217 e. The van der Waals surface area contributed by atoms with Gasteiger partial charge >= 0.3 is 0 Å². The van der Waals surface area contributed by atoms with Crippen LogP contribution in [0.4, 0.5) is 0 Å². The molecule has 1 fully saturated rings. The summed E-state index contributed by atoms with van der Waals surface area (Å²) in [6.07, 6.45) is 1.93. The Kier molecular flexibility index (Phi) is 4.19. The molecule has 0 atom stereocenters. The summed E-state index contributed by atoms with van der Waals surface area (Å²) in [5, 5.41) is 3.22. The maximum atomic E-state index is 11.6. The van der Waals surface area contributed by atoms with Crippen molar-refractivity contribution in [3.8, 4) is 0 Å². The molecule has 1 heterocycles. The molecular weight excluding hydrogens is 248 g/mol. The first-order chi connectivity index (χ1) is 9.33. The van der Waals surface area contributed by atoms with E-state index in [0.29, 0.717) is 0 Å². The van der Waals surface area contributed by atoms with Gasteiger partial charge in [-0.2, -0.15) is 0 Å². The number of piperidine rings is 1. The van der Waals surface area contributed by atoms with Gasteiger partial charge in [-0.15, -0.1) is 0 Å². The number of carbonyl (C=O) groups excluding carboxylic acids is 1. The Hall–Kier alpha value is -1.35. The first kappa shape index (κ1) is 15.0. The van der Waals surface area contributed by atoms with Gasteiger partial charge in [-0.3, -0.25) is 9.69 Å². The molecule has 0 saturated carbocycles. The number of hydrogen-bond acceptors (Lipinski definition) is 2. The minimum atomic E-state index is -0.200. The average Bonchev–Trinajstić information content (AvgIpc) is 2.38. The van der Waals surface area contributed by atoms with Crippen molar-refractivity contribution in [1.82, 2.24) is 10.2 Å². The van der Waals surface area contributed by atoms with Crippen molar-refractivity contribution in [2.45, 2.75) is 51.6 Å². The third-order valence-corrected chi connectivity index (χ3v) is 4.31. The highest BCUT2D eigenvalue weighted by Gasteiger charge is 2.39. The number of carbonyl (C=O) groups is 1. The molecule has 20 heavy (non-hydrogen) atoms. The number of amides is 1. The molecule has 1 saturated heterocycles. The van der Waals surface area contributed by atoms with Gasteiger partial charge in [0, 0.05) is 25.6 Å². The summed E-state index contributed by atoms with van der Waals surface area (Å²) in [6.45, 7) is 10.4. The largest absolute Gasteiger partial charge is 0.347 e. The Bertz CT molecular complexity index is 454. The lowest BCUT2D eigenvalue weighted by atomic mass is 9.79. The molecule has 0 aromatic heterocycles. The SMILES string of the molecule is CC(=O)NC1(c2ccccc2)CCN(C(C)(C)C)CC1. The van der Waals surface area contributed by atoms with Crippen LogP contribution in [0.15, 0.2) is 30.3 Å². The van der Waals surface area contributed by atoms with E-state index in [2.05, 4.69) is 55.3 Å². The molecule has 0 radical (unpaired) electrons. The van der Waals surface area contributed by atoms with Crippen LogP contribution >= 0.6 is 0 Å². The fraction of sp³-hybridized carbons (Fsp3) is 0.588. The van der Waals surface area contributed by atoms with Gasteiger partial charge in [0.2, 0.25) is 5.91 Å². The summed E-state index contributed by atoms with van der Waals surface area (Å²) in [5.41, 5.74) is 1.22. The molecule has 1 aliphatic rings. The Morgan fingerprint density at radius 2 is 1.70 bits per heavy atom. The molecule has 1 aromatic rings. The molecule has 3 nitrogen and oxygen atoms in total. The molecule has 1 aromatic carbocycles. The van der Waals surface area contributed by atoms with E-state index in [1.807, 2.05) is 6.07 Å². The van der Waals surface area contributed by atoms with Gasteiger partial charge in [0.1, 0.15) is 0 Å². The van der Waals surface area contributed by atoms with E-state index in [4.69, 9.17) is 0 Å². The molecule has 2 rings (SSSR count). The van der Waals surface area contributed by atoms with Crippen molar-refractivity contribution in [3.63, 3.8) is 0 Å². The summed E-state index contributed by atoms with van der Waals surface area (Å²) in [5.74, 6) is 0.0538. The summed E-state index contributed by atoms with van der Waals surface area (Å²) >= 11 is 0. The maximum absolute atomic E-state index is 11.6. The zero-order valence-corrected chi connectivity index (χ0v) is 13.1. The van der Waals surface area contributed by atoms with Gasteiger partial charge in [0.25, 0.3) is 0 Å². The standard InChI is InChI=1S/C17H26N2O/c1-14(20)18-17(15-8-6-5-7-9-15)10-12-19(13-11-17)16(2,3)4/h5-9H,10-13H2,1-4H3,(H,18,20). The van der Waals surface area contributed by atoms with Crippen molar-refractivity contribution < 1.29 is 4.79 Å². The third kappa shape index (κ3) is 3.21. The van der Waals surface area contributed by atoms with Crippen molar-refractivity contribution in [1.29, 1.82) is 0 Å². The predicted molar refractivity (Wildman–Crippen MR) is 82.5 cm³/mol. The Labute approximate surface area is 122 Å². The van der Waals surface area contributed by atoms with E-state index < -0.39 is 0 Å². The second-order valence-electron chi connectivity index (χ2n) is 6.79. The molecule has 0 unspecified atom stereocenters. The molecule has 1 amide bonds. The van der Waals surface area contributed by atoms with Crippen LogP contribution in [0.3, 0.4) is 0 Å². The van der Waals surface area contributed by atoms with E-state index in [1.54, 1.807) is 6.92 Å². The summed E-state index contributed by atoms with van der Waals surface area (Å²) in [4.78, 5) is 14.1. The summed E-state index contributed by atoms with van der Waals surface area (Å²) in [7, 11) is 0. The number of nitrogens with zero attached hydrogens (tertiary/aromatic N) is 1. The van der Waals surface area contributed by atoms with Crippen LogP contribution in [0.25, 0.3) is 0 Å². The monoisotopic (exact) mass is 274 g/mol. The molecule has 1 N–H and O–H groups in total. The van der Waals surface area contributed by atoms with Crippen LogP contribution in [-0.4, -0.2) is 29.4 Å². The van der Waals surface area contributed by atoms with Crippen LogP contribution in [-0.2, 0) is 10.3 Å². The number of likely N-dealkylation sites (tertiary alicyclic amines) is 1. The predicted octanol–water partition coefficient (Wildman–Crippen LogP) is 2.91. The summed E-state index contributed by atoms with van der Waals surface area (Å²) < 4.78 is 0. The Morgan fingerprint density at radius 1 is 1.15 bits per heavy atom. The number of benzene rings is 1. The normalized spacial score (nSPS) is 19.6. The van der Waals surface area contributed by atoms with E-state index in [9.17, 15) is 4.79 Å². The highest BCUT2D eigenvalue weighted by atomic mass is 16.1. The van der Waals surface area contributed by atoms with Gasteiger partial charge in [-0.25, -0.2) is 0 Å². The van der Waals surface area contributed by atoms with Gasteiger partial charge in [-0.1, -0.05) is 30.3 Å². The lowest BCUT2D eigenvalue weighted by molar-refractivity contribution is -0.121. The molecular formula is C17H26N2O. The van der Waals surface area contributed by atoms with Crippen LogP contribution in [0.2, 0.25) is 0 Å². The second kappa shape index (κ2) is 5.57. The molecule has 0 bridgehead atoms. The molecule has 110 valence electrons. The lowest BCUT2D eigenvalue weighted by Crippen LogP contribution is -2.56. The number of rotatable bonds is 2. The molecule has 3 heteroatoms. The Morgan fingerprint density at radius 3 is 2.15 bits per heavy atom. The van der Waals surface area contributed by atoms with Crippen LogP contribution in [0.5, 0.6) is 0 Å². The number of hydrogen-bond donors (Lipinski definition) is 1. The molecule has 0 spiro atoms. The van der Waals surface area contributed by atoms with E-state index in [0.717, 1.165) is 25.9 Å². The van der Waals surface area contributed by atoms with Gasteiger partial charge in [0.15, 0.2) is 0 Å². The molecule has 1 aliphatic heterocycles. The van der Waals surface area contributed by atoms with Gasteiger partial charge < -0.3 is 5.32 Å². The van der Waals surface area contributed by atoms with Gasteiger partial charge in [-0.05, 0) is 39.2 Å². The highest BCUT2D eigenvalue weighted by molar-refractivity contribution is 5.74. The summed E-state index contributed by atoms with van der Waals surface area (Å²) in [6, 6.07) is 10.4. The topological polar surface area (TPSA) is 32.3 Å². The van der Waals surface area contributed by atoms with E-state index in [-0.39, 0.29) is 17.0 Å². The van der Waals surface area contributed by atoms with E-state index >= 15 is 0 Å². The fourth-order valence-electron chi connectivity index (χ4n) is 3.14. The third-order valence-electron chi connectivity index (χ3n) is 4.31. The average molecular weight is 274 g/mol. The number of nitrogens with one attached hydrogen (secondary N) is 1. The Balaban J connectivity index is 2.22. The highest BCUT2D eigenvalue weighted by Crippen LogP contribution is 2.35. The minimum absolute atomic E-state index is 0.0538. The first-order valence-electron chi connectivity index (χ1n) is 7.43. The smallest absolute Gasteiger partial charge is 0.217 e. The van der Waals surface area contributed by atoms with Crippen LogP contribution < -0.4 is 5.32 Å². The first-order valence-corrected chi connectivity index (χ1v) is 7.43. The van der Waals surface area contributed by atoms with Crippen LogP contribution in [0.1, 0.15) is 46.1 Å². The zero-order valence-electron chi connectivity index (χ0n) is 13.1. The van der Waals surface area contributed by atoms with Crippen molar-refractivity contribution in [3.05, 3.63) is 35.9 Å². The second-order valence-corrected chi connectivity index (χ2v) is 6.79. The fourth-order valence-corrected chi connectivity index (χ4v) is 3.14. The van der Waals surface area contributed by atoms with Crippen molar-refractivity contribution in [2.24, 2.45) is 0 Å². The lowest BCUT2D eigenvalue weighted by Gasteiger charge is -2.47. The van der Waals surface area contributed by atoms with Crippen LogP contribution in [0, 0.1) is 0 Å². The quantitative estimate of drug-likeness (QED) is 0.899. The van der Waals surface area contributed by atoms with Gasteiger partial charge in [0.05, 0.1) is 5.54 Å². The zero-order chi connectivity index (χ0) is 14.8. The van der Waals surface area contributed by atoms with E-state index in [1.165, 1.54) is 5.56 Å². The minimum Gasteiger partial charge on any atom is -0.347 e. The van der Waals surface area contributed by atoms with Crippen molar-refractivity contribution in [2.75, 3.05) is 13.1 Å². The molecule has 0 aliphatic carbocycles.